The van der Waals surface area contributed by atoms with Gasteiger partial charge in [-0.25, -0.2) is 9.97 Å². The molecule has 23 heavy (non-hydrogen) atoms. The van der Waals surface area contributed by atoms with E-state index in [-0.39, 0.29) is 12.5 Å². The van der Waals surface area contributed by atoms with Gasteiger partial charge in [-0.2, -0.15) is 0 Å². The van der Waals surface area contributed by atoms with E-state index in [2.05, 4.69) is 20.6 Å². The van der Waals surface area contributed by atoms with Crippen LogP contribution in [0.15, 0.2) is 30.7 Å². The van der Waals surface area contributed by atoms with Crippen LogP contribution in [0.3, 0.4) is 0 Å². The smallest absolute Gasteiger partial charge is 0.251 e. The second-order valence-corrected chi connectivity index (χ2v) is 6.02. The molecule has 1 aromatic carbocycles. The van der Waals surface area contributed by atoms with Crippen LogP contribution in [0, 0.1) is 0 Å². The Labute approximate surface area is 135 Å². The van der Waals surface area contributed by atoms with Crippen LogP contribution in [0.25, 0.3) is 10.9 Å². The summed E-state index contributed by atoms with van der Waals surface area (Å²) in [5, 5.41) is 16.8. The van der Waals surface area contributed by atoms with Gasteiger partial charge in [0, 0.05) is 23.2 Å². The highest BCUT2D eigenvalue weighted by Gasteiger charge is 2.17. The number of hydrogen-bond acceptors (Lipinski definition) is 5. The number of aliphatic hydroxyl groups is 1. The molecule has 3 N–H and O–H groups in total. The van der Waals surface area contributed by atoms with Crippen LogP contribution in [0.1, 0.15) is 42.5 Å². The first kappa shape index (κ1) is 15.8. The number of amides is 1. The number of carbonyl (C=O) groups excluding carboxylic acids is 1. The number of aromatic nitrogens is 2. The summed E-state index contributed by atoms with van der Waals surface area (Å²) in [6, 6.07) is 5.64. The third kappa shape index (κ3) is 4.24. The van der Waals surface area contributed by atoms with Crippen molar-refractivity contribution in [2.45, 2.75) is 44.4 Å². The van der Waals surface area contributed by atoms with Gasteiger partial charge in [0.05, 0.1) is 12.1 Å². The van der Waals surface area contributed by atoms with E-state index in [9.17, 15) is 9.90 Å². The second-order valence-electron chi connectivity index (χ2n) is 6.02. The molecule has 1 aromatic heterocycles. The van der Waals surface area contributed by atoms with Gasteiger partial charge in [-0.05, 0) is 25.0 Å². The third-order valence-electron chi connectivity index (χ3n) is 4.26. The molecule has 6 nitrogen and oxygen atoms in total. The van der Waals surface area contributed by atoms with Gasteiger partial charge in [-0.1, -0.05) is 25.3 Å². The maximum atomic E-state index is 12.2. The van der Waals surface area contributed by atoms with Gasteiger partial charge in [-0.3, -0.25) is 10.1 Å². The molecule has 1 heterocycles. The number of benzene rings is 1. The van der Waals surface area contributed by atoms with Gasteiger partial charge in [0.25, 0.3) is 5.91 Å². The zero-order valence-corrected chi connectivity index (χ0v) is 13.0. The van der Waals surface area contributed by atoms with Crippen LogP contribution >= 0.6 is 0 Å². The molecule has 0 radical (unpaired) electrons. The molecule has 1 saturated carbocycles. The number of aliphatic hydroxyl groups excluding tert-OH is 1. The largest absolute Gasteiger partial charge is 0.377 e. The lowest BCUT2D eigenvalue weighted by molar-refractivity contribution is 0.0849. The summed E-state index contributed by atoms with van der Waals surface area (Å²) in [5.74, 6) is -0.213. The fourth-order valence-electron chi connectivity index (χ4n) is 3.01. The van der Waals surface area contributed by atoms with Gasteiger partial charge in [0.2, 0.25) is 0 Å². The highest BCUT2D eigenvalue weighted by atomic mass is 16.3. The van der Waals surface area contributed by atoms with E-state index in [4.69, 9.17) is 0 Å². The summed E-state index contributed by atoms with van der Waals surface area (Å²) in [5.41, 5.74) is 1.26. The Morgan fingerprint density at radius 3 is 2.96 bits per heavy atom. The molecule has 0 aliphatic heterocycles. The zero-order valence-electron chi connectivity index (χ0n) is 13.0. The number of rotatable bonds is 5. The van der Waals surface area contributed by atoms with Crippen LogP contribution in [0.4, 0.5) is 0 Å². The summed E-state index contributed by atoms with van der Waals surface area (Å²) in [6.07, 6.45) is 8.32. The van der Waals surface area contributed by atoms with Crippen molar-refractivity contribution >= 4 is 16.8 Å². The van der Waals surface area contributed by atoms with Crippen molar-refractivity contribution in [2.75, 3.05) is 6.54 Å². The van der Waals surface area contributed by atoms with Crippen molar-refractivity contribution in [3.63, 3.8) is 0 Å². The fourth-order valence-corrected chi connectivity index (χ4v) is 3.01. The third-order valence-corrected chi connectivity index (χ3v) is 4.26. The van der Waals surface area contributed by atoms with Gasteiger partial charge in [0.1, 0.15) is 12.6 Å². The molecule has 1 fully saturated rings. The van der Waals surface area contributed by atoms with Crippen molar-refractivity contribution in [3.05, 3.63) is 36.3 Å². The SMILES string of the molecule is O=C(NCC(O)NC1CCCCC1)c1ccc2cncnc2c1. The summed E-state index contributed by atoms with van der Waals surface area (Å²) < 4.78 is 0. The van der Waals surface area contributed by atoms with Crippen molar-refractivity contribution in [3.8, 4) is 0 Å². The molecule has 2 aromatic rings. The maximum Gasteiger partial charge on any atom is 0.251 e. The molecular formula is C17H22N4O2. The minimum absolute atomic E-state index is 0.192. The van der Waals surface area contributed by atoms with E-state index in [0.29, 0.717) is 11.6 Å². The summed E-state index contributed by atoms with van der Waals surface area (Å²) in [4.78, 5) is 20.3. The fraction of sp³-hybridized carbons (Fsp3) is 0.471. The second kappa shape index (κ2) is 7.48. The molecule has 1 amide bonds. The van der Waals surface area contributed by atoms with E-state index < -0.39 is 6.23 Å². The molecule has 0 bridgehead atoms. The van der Waals surface area contributed by atoms with Gasteiger partial charge in [-0.15, -0.1) is 0 Å². The minimum Gasteiger partial charge on any atom is -0.377 e. The van der Waals surface area contributed by atoms with Crippen LogP contribution in [-0.2, 0) is 0 Å². The quantitative estimate of drug-likeness (QED) is 0.730. The van der Waals surface area contributed by atoms with Crippen molar-refractivity contribution in [1.29, 1.82) is 0 Å². The Kier molecular flexibility index (Phi) is 5.15. The van der Waals surface area contributed by atoms with E-state index in [1.807, 2.05) is 6.07 Å². The lowest BCUT2D eigenvalue weighted by atomic mass is 9.95. The average Bonchev–Trinajstić information content (AvgIpc) is 2.60. The normalized spacial score (nSPS) is 17.1. The Hall–Kier alpha value is -2.05. The lowest BCUT2D eigenvalue weighted by Gasteiger charge is -2.26. The molecule has 3 rings (SSSR count). The molecule has 0 saturated heterocycles. The number of nitrogens with one attached hydrogen (secondary N) is 2. The first-order valence-electron chi connectivity index (χ1n) is 8.14. The first-order chi connectivity index (χ1) is 11.2. The molecular weight excluding hydrogens is 292 g/mol. The van der Waals surface area contributed by atoms with E-state index in [1.165, 1.54) is 25.6 Å². The highest BCUT2D eigenvalue weighted by molar-refractivity contribution is 5.97. The highest BCUT2D eigenvalue weighted by Crippen LogP contribution is 2.17. The standard InChI is InChI=1S/C17H22N4O2/c22-16(21-14-4-2-1-3-5-14)10-19-17(23)12-6-7-13-9-18-11-20-15(13)8-12/h6-9,11,14,16,21-22H,1-5,10H2,(H,19,23). The number of nitrogens with zero attached hydrogens (tertiary/aromatic N) is 2. The Morgan fingerprint density at radius 2 is 2.13 bits per heavy atom. The summed E-state index contributed by atoms with van der Waals surface area (Å²) in [7, 11) is 0. The average molecular weight is 314 g/mol. The number of hydrogen-bond donors (Lipinski definition) is 3. The van der Waals surface area contributed by atoms with Crippen LogP contribution in [0.2, 0.25) is 0 Å². The summed E-state index contributed by atoms with van der Waals surface area (Å²) >= 11 is 0. The zero-order chi connectivity index (χ0) is 16.1. The lowest BCUT2D eigenvalue weighted by Crippen LogP contribution is -2.46. The van der Waals surface area contributed by atoms with Crippen LogP contribution in [0.5, 0.6) is 0 Å². The van der Waals surface area contributed by atoms with E-state index >= 15 is 0 Å². The van der Waals surface area contributed by atoms with Gasteiger partial charge < -0.3 is 10.4 Å². The van der Waals surface area contributed by atoms with Crippen LogP contribution in [-0.4, -0.2) is 39.8 Å². The van der Waals surface area contributed by atoms with Crippen molar-refractivity contribution in [1.82, 2.24) is 20.6 Å². The minimum atomic E-state index is -0.718. The van der Waals surface area contributed by atoms with Crippen molar-refractivity contribution < 1.29 is 9.90 Å². The first-order valence-corrected chi connectivity index (χ1v) is 8.14. The molecule has 1 aliphatic rings. The summed E-state index contributed by atoms with van der Waals surface area (Å²) in [6.45, 7) is 0.192. The van der Waals surface area contributed by atoms with Crippen LogP contribution < -0.4 is 10.6 Å². The number of carbonyl (C=O) groups is 1. The number of fused-ring (bicyclic) bond motifs is 1. The maximum absolute atomic E-state index is 12.2. The molecule has 0 spiro atoms. The molecule has 1 unspecified atom stereocenters. The molecule has 6 heteroatoms. The predicted octanol–water partition coefficient (Wildman–Crippen LogP) is 1.60. The predicted molar refractivity (Wildman–Crippen MR) is 87.9 cm³/mol. The monoisotopic (exact) mass is 314 g/mol. The van der Waals surface area contributed by atoms with Gasteiger partial charge >= 0.3 is 0 Å². The molecule has 122 valence electrons. The molecule has 1 aliphatic carbocycles. The van der Waals surface area contributed by atoms with Gasteiger partial charge in [0.15, 0.2) is 0 Å². The Morgan fingerprint density at radius 1 is 1.30 bits per heavy atom. The van der Waals surface area contributed by atoms with Crippen molar-refractivity contribution in [2.24, 2.45) is 0 Å². The van der Waals surface area contributed by atoms with E-state index in [1.54, 1.807) is 18.3 Å². The topological polar surface area (TPSA) is 87.1 Å². The Bertz CT molecular complexity index is 670. The van der Waals surface area contributed by atoms with E-state index in [0.717, 1.165) is 23.7 Å². The molecule has 1 atom stereocenters. The Balaban J connectivity index is 1.53.